The summed E-state index contributed by atoms with van der Waals surface area (Å²) in [7, 11) is 0. The number of aliphatic hydroxyl groups excluding tert-OH is 1. The summed E-state index contributed by atoms with van der Waals surface area (Å²) in [6, 6.07) is -1.29. The van der Waals surface area contributed by atoms with Gasteiger partial charge in [-0.25, -0.2) is 9.59 Å². The van der Waals surface area contributed by atoms with E-state index in [1.165, 1.54) is 4.90 Å². The molecule has 0 saturated carbocycles. The molecule has 7 nitrogen and oxygen atoms in total. The summed E-state index contributed by atoms with van der Waals surface area (Å²) in [5.41, 5.74) is 5.81. The highest BCUT2D eigenvalue weighted by molar-refractivity contribution is 5.83. The smallest absolute Gasteiger partial charge is 0.326 e. The summed E-state index contributed by atoms with van der Waals surface area (Å²) in [5.74, 6) is -1.07. The van der Waals surface area contributed by atoms with Gasteiger partial charge in [0.2, 0.25) is 0 Å². The molecule has 0 bridgehead atoms. The number of aliphatic carboxylic acids is 1. The van der Waals surface area contributed by atoms with Gasteiger partial charge in [0.25, 0.3) is 0 Å². The van der Waals surface area contributed by atoms with Crippen LogP contribution in [0.25, 0.3) is 0 Å². The zero-order valence-electron chi connectivity index (χ0n) is 10.2. The van der Waals surface area contributed by atoms with E-state index in [1.54, 1.807) is 4.90 Å². The van der Waals surface area contributed by atoms with E-state index < -0.39 is 18.1 Å². The average molecular weight is 257 g/mol. The second kappa shape index (κ2) is 5.11. The Balaban J connectivity index is 2.05. The minimum absolute atomic E-state index is 0.0431. The van der Waals surface area contributed by atoms with E-state index in [-0.39, 0.29) is 25.0 Å². The molecule has 0 aromatic rings. The fourth-order valence-electron chi connectivity index (χ4n) is 2.62. The molecule has 1 unspecified atom stereocenters. The number of likely N-dealkylation sites (tertiary alicyclic amines) is 2. The molecule has 2 saturated heterocycles. The van der Waals surface area contributed by atoms with Gasteiger partial charge < -0.3 is 25.7 Å². The number of β-amino-alcohol motifs (C(OH)–C–C–N with tert-alkyl or cyclic N) is 1. The number of carbonyl (C=O) groups excluding carboxylic acids is 1. The normalized spacial score (nSPS) is 32.7. The molecule has 0 aromatic heterocycles. The first-order valence-electron chi connectivity index (χ1n) is 6.21. The quantitative estimate of drug-likeness (QED) is 0.561. The van der Waals surface area contributed by atoms with E-state index in [4.69, 9.17) is 10.8 Å². The zero-order chi connectivity index (χ0) is 13.3. The highest BCUT2D eigenvalue weighted by atomic mass is 16.4. The molecular formula is C11H19N3O4. The minimum Gasteiger partial charge on any atom is -0.480 e. The number of nitrogens with zero attached hydrogens (tertiary/aromatic N) is 2. The van der Waals surface area contributed by atoms with Crippen LogP contribution in [0.2, 0.25) is 0 Å². The molecule has 4 N–H and O–H groups in total. The van der Waals surface area contributed by atoms with Crippen LogP contribution in [0.5, 0.6) is 0 Å². The van der Waals surface area contributed by atoms with E-state index in [2.05, 4.69) is 0 Å². The van der Waals surface area contributed by atoms with Crippen LogP contribution in [0.4, 0.5) is 4.79 Å². The Morgan fingerprint density at radius 3 is 2.61 bits per heavy atom. The van der Waals surface area contributed by atoms with Gasteiger partial charge >= 0.3 is 12.0 Å². The molecule has 7 heteroatoms. The summed E-state index contributed by atoms with van der Waals surface area (Å²) in [5, 5.41) is 18.6. The number of carboxylic acid groups (broad SMARTS) is 1. The van der Waals surface area contributed by atoms with E-state index in [9.17, 15) is 14.7 Å². The first-order chi connectivity index (χ1) is 8.49. The Bertz CT molecular complexity index is 349. The fourth-order valence-corrected chi connectivity index (χ4v) is 2.62. The van der Waals surface area contributed by atoms with E-state index in [0.717, 1.165) is 12.8 Å². The third-order valence-corrected chi connectivity index (χ3v) is 3.54. The maximum absolute atomic E-state index is 12.2. The second-order valence-electron chi connectivity index (χ2n) is 5.03. The van der Waals surface area contributed by atoms with Crippen molar-refractivity contribution in [1.82, 2.24) is 9.80 Å². The number of carbonyl (C=O) groups is 2. The van der Waals surface area contributed by atoms with Crippen LogP contribution >= 0.6 is 0 Å². The third-order valence-electron chi connectivity index (χ3n) is 3.54. The lowest BCUT2D eigenvalue weighted by Crippen LogP contribution is -2.53. The van der Waals surface area contributed by atoms with Crippen molar-refractivity contribution in [3.63, 3.8) is 0 Å². The van der Waals surface area contributed by atoms with Crippen LogP contribution in [0.15, 0.2) is 0 Å². The van der Waals surface area contributed by atoms with Crippen LogP contribution in [0.1, 0.15) is 19.3 Å². The molecule has 2 aliphatic rings. The number of aliphatic hydroxyl groups is 1. The van der Waals surface area contributed by atoms with Crippen LogP contribution < -0.4 is 5.73 Å². The number of piperidine rings is 1. The predicted octanol–water partition coefficient (Wildman–Crippen LogP) is -0.951. The van der Waals surface area contributed by atoms with Crippen molar-refractivity contribution in [2.45, 2.75) is 37.5 Å². The molecule has 2 aliphatic heterocycles. The summed E-state index contributed by atoms with van der Waals surface area (Å²) < 4.78 is 0. The van der Waals surface area contributed by atoms with Crippen molar-refractivity contribution < 1.29 is 19.8 Å². The van der Waals surface area contributed by atoms with Gasteiger partial charge in [-0.15, -0.1) is 0 Å². The number of hydrogen-bond acceptors (Lipinski definition) is 4. The molecule has 3 atom stereocenters. The standard InChI is InChI=1S/C11H19N3O4/c12-7-2-1-3-13(5-7)11(18)14-6-8(15)4-9(14)10(16)17/h7-9,15H,1-6,12H2,(H,16,17)/t7?,8-,9-/m0/s1. The van der Waals surface area contributed by atoms with Crippen molar-refractivity contribution in [2.24, 2.45) is 5.73 Å². The molecule has 2 fully saturated rings. The topological polar surface area (TPSA) is 107 Å². The van der Waals surface area contributed by atoms with Crippen molar-refractivity contribution in [3.05, 3.63) is 0 Å². The van der Waals surface area contributed by atoms with E-state index in [1.807, 2.05) is 0 Å². The number of carboxylic acids is 1. The molecule has 0 spiro atoms. The lowest BCUT2D eigenvalue weighted by Gasteiger charge is -2.35. The number of rotatable bonds is 1. The minimum atomic E-state index is -1.07. The Morgan fingerprint density at radius 1 is 1.28 bits per heavy atom. The Labute approximate surface area is 105 Å². The Morgan fingerprint density at radius 2 is 2.00 bits per heavy atom. The SMILES string of the molecule is NC1CCCN(C(=O)N2C[C@@H](O)C[C@H]2C(=O)O)C1. The third kappa shape index (κ3) is 2.56. The van der Waals surface area contributed by atoms with Crippen molar-refractivity contribution in [1.29, 1.82) is 0 Å². The number of urea groups is 1. The van der Waals surface area contributed by atoms with Gasteiger partial charge in [-0.3, -0.25) is 0 Å². The van der Waals surface area contributed by atoms with E-state index in [0.29, 0.717) is 13.1 Å². The van der Waals surface area contributed by atoms with Crippen LogP contribution in [0, 0.1) is 0 Å². The highest BCUT2D eigenvalue weighted by Gasteiger charge is 2.41. The predicted molar refractivity (Wildman–Crippen MR) is 62.9 cm³/mol. The maximum atomic E-state index is 12.2. The van der Waals surface area contributed by atoms with Gasteiger partial charge in [-0.05, 0) is 12.8 Å². The lowest BCUT2D eigenvalue weighted by atomic mass is 10.1. The zero-order valence-corrected chi connectivity index (χ0v) is 10.2. The monoisotopic (exact) mass is 257 g/mol. The maximum Gasteiger partial charge on any atom is 0.326 e. The number of amides is 2. The first kappa shape index (κ1) is 13.1. The largest absolute Gasteiger partial charge is 0.480 e. The van der Waals surface area contributed by atoms with Gasteiger partial charge in [0, 0.05) is 32.1 Å². The molecule has 0 radical (unpaired) electrons. The molecule has 2 heterocycles. The summed E-state index contributed by atoms with van der Waals surface area (Å²) >= 11 is 0. The molecule has 0 aromatic carbocycles. The molecule has 2 rings (SSSR count). The highest BCUT2D eigenvalue weighted by Crippen LogP contribution is 2.21. The van der Waals surface area contributed by atoms with Crippen LogP contribution in [0.3, 0.4) is 0 Å². The van der Waals surface area contributed by atoms with Crippen molar-refractivity contribution in [2.75, 3.05) is 19.6 Å². The average Bonchev–Trinajstić information content (AvgIpc) is 2.70. The first-order valence-corrected chi connectivity index (χ1v) is 6.21. The Kier molecular flexibility index (Phi) is 3.72. The second-order valence-corrected chi connectivity index (χ2v) is 5.03. The van der Waals surface area contributed by atoms with E-state index >= 15 is 0 Å². The van der Waals surface area contributed by atoms with Crippen molar-refractivity contribution in [3.8, 4) is 0 Å². The summed E-state index contributed by atoms with van der Waals surface area (Å²) in [6.07, 6.45) is 1.06. The van der Waals surface area contributed by atoms with Gasteiger partial charge in [0.1, 0.15) is 6.04 Å². The lowest BCUT2D eigenvalue weighted by molar-refractivity contribution is -0.141. The summed E-state index contributed by atoms with van der Waals surface area (Å²) in [6.45, 7) is 1.14. The van der Waals surface area contributed by atoms with Gasteiger partial charge in [0.05, 0.1) is 6.10 Å². The molecule has 18 heavy (non-hydrogen) atoms. The number of nitrogens with two attached hydrogens (primary N) is 1. The van der Waals surface area contributed by atoms with Gasteiger partial charge in [0.15, 0.2) is 0 Å². The fraction of sp³-hybridized carbons (Fsp3) is 0.818. The molecule has 0 aliphatic carbocycles. The molecule has 2 amide bonds. The van der Waals surface area contributed by atoms with Crippen molar-refractivity contribution >= 4 is 12.0 Å². The molecule has 102 valence electrons. The summed E-state index contributed by atoms with van der Waals surface area (Å²) in [4.78, 5) is 26.1. The number of hydrogen-bond donors (Lipinski definition) is 3. The van der Waals surface area contributed by atoms with Gasteiger partial charge in [-0.1, -0.05) is 0 Å². The molecular weight excluding hydrogens is 238 g/mol. The van der Waals surface area contributed by atoms with Crippen LogP contribution in [-0.2, 0) is 4.79 Å². The van der Waals surface area contributed by atoms with Crippen LogP contribution in [-0.4, -0.2) is 69.8 Å². The Hall–Kier alpha value is -1.34. The van der Waals surface area contributed by atoms with Gasteiger partial charge in [-0.2, -0.15) is 0 Å².